The molecule has 0 bridgehead atoms. The number of hydrogen-bond acceptors (Lipinski definition) is 6. The molecule has 1 aromatic heterocycles. The Morgan fingerprint density at radius 3 is 2.75 bits per heavy atom. The van der Waals surface area contributed by atoms with E-state index in [1.54, 1.807) is 13.0 Å². The molecule has 1 aromatic rings. The largest absolute Gasteiger partial charge is 0.464 e. The molecule has 0 aromatic carbocycles. The molecule has 108 valence electrons. The van der Waals surface area contributed by atoms with E-state index in [0.717, 1.165) is 0 Å². The highest BCUT2D eigenvalue weighted by Crippen LogP contribution is 2.20. The van der Waals surface area contributed by atoms with Gasteiger partial charge in [0.15, 0.2) is 10.8 Å². The standard InChI is InChI=1S/C11H12BrN3O4S/c1-3-19-11(17)15-10(20)14-8-6(12)4-5-7(13-8)9(16)18-2/h4-5H,3H2,1-2H3,(H2,13,14,15,17,20). The van der Waals surface area contributed by atoms with Gasteiger partial charge < -0.3 is 14.8 Å². The van der Waals surface area contributed by atoms with Gasteiger partial charge in [0, 0.05) is 0 Å². The molecule has 0 saturated heterocycles. The van der Waals surface area contributed by atoms with Crippen LogP contribution >= 0.6 is 28.1 Å². The third-order valence-electron chi connectivity index (χ3n) is 1.96. The predicted molar refractivity (Wildman–Crippen MR) is 79.7 cm³/mol. The molecule has 7 nitrogen and oxygen atoms in total. The number of halogens is 1. The molecule has 0 unspecified atom stereocenters. The van der Waals surface area contributed by atoms with Crippen LogP contribution in [0.4, 0.5) is 10.6 Å². The molecule has 9 heteroatoms. The average molecular weight is 362 g/mol. The predicted octanol–water partition coefficient (Wildman–Crippen LogP) is 2.07. The number of methoxy groups -OCH3 is 1. The van der Waals surface area contributed by atoms with Crippen LogP contribution in [-0.4, -0.2) is 35.9 Å². The maximum Gasteiger partial charge on any atom is 0.413 e. The number of alkyl carbamates (subject to hydrolysis) is 1. The first-order valence-corrected chi connectivity index (χ1v) is 6.67. The second kappa shape index (κ2) is 7.75. The van der Waals surface area contributed by atoms with Crippen molar-refractivity contribution in [2.24, 2.45) is 0 Å². The number of carbonyl (C=O) groups excluding carboxylic acids is 2. The first-order chi connectivity index (χ1) is 9.47. The molecule has 2 N–H and O–H groups in total. The van der Waals surface area contributed by atoms with Gasteiger partial charge in [-0.1, -0.05) is 0 Å². The highest BCUT2D eigenvalue weighted by Gasteiger charge is 2.12. The van der Waals surface area contributed by atoms with E-state index >= 15 is 0 Å². The van der Waals surface area contributed by atoms with E-state index in [2.05, 4.69) is 41.0 Å². The monoisotopic (exact) mass is 361 g/mol. The molecule has 1 heterocycles. The van der Waals surface area contributed by atoms with Gasteiger partial charge in [-0.05, 0) is 47.2 Å². The first kappa shape index (κ1) is 16.3. The summed E-state index contributed by atoms with van der Waals surface area (Å²) in [6, 6.07) is 3.09. The molecule has 20 heavy (non-hydrogen) atoms. The van der Waals surface area contributed by atoms with Gasteiger partial charge in [-0.2, -0.15) is 0 Å². The van der Waals surface area contributed by atoms with Gasteiger partial charge >= 0.3 is 12.1 Å². The van der Waals surface area contributed by atoms with Gasteiger partial charge in [0.25, 0.3) is 0 Å². The number of ether oxygens (including phenoxy) is 2. The van der Waals surface area contributed by atoms with Crippen molar-refractivity contribution in [2.75, 3.05) is 19.0 Å². The van der Waals surface area contributed by atoms with Crippen molar-refractivity contribution >= 4 is 51.1 Å². The molecule has 0 saturated carbocycles. The Hall–Kier alpha value is -1.74. The molecule has 0 atom stereocenters. The van der Waals surface area contributed by atoms with Crippen LogP contribution in [0.5, 0.6) is 0 Å². The van der Waals surface area contributed by atoms with Crippen molar-refractivity contribution in [3.05, 3.63) is 22.3 Å². The summed E-state index contributed by atoms with van der Waals surface area (Å²) >= 11 is 8.17. The number of anilines is 1. The quantitative estimate of drug-likeness (QED) is 0.629. The molecule has 0 radical (unpaired) electrons. The molecule has 0 spiro atoms. The number of thiocarbonyl (C=S) groups is 1. The van der Waals surface area contributed by atoms with E-state index in [9.17, 15) is 9.59 Å². The van der Waals surface area contributed by atoms with E-state index in [1.807, 2.05) is 0 Å². The molecule has 1 rings (SSSR count). The number of esters is 1. The van der Waals surface area contributed by atoms with Crippen LogP contribution in [0.1, 0.15) is 17.4 Å². The van der Waals surface area contributed by atoms with Crippen LogP contribution in [0.2, 0.25) is 0 Å². The van der Waals surface area contributed by atoms with Crippen molar-refractivity contribution in [1.29, 1.82) is 0 Å². The topological polar surface area (TPSA) is 89.5 Å². The van der Waals surface area contributed by atoms with Gasteiger partial charge in [-0.3, -0.25) is 5.32 Å². The summed E-state index contributed by atoms with van der Waals surface area (Å²) < 4.78 is 9.81. The summed E-state index contributed by atoms with van der Waals surface area (Å²) in [5.74, 6) is -0.306. The Labute approximate surface area is 129 Å². The Morgan fingerprint density at radius 1 is 1.45 bits per heavy atom. The zero-order chi connectivity index (χ0) is 15.1. The van der Waals surface area contributed by atoms with Crippen LogP contribution in [0, 0.1) is 0 Å². The minimum Gasteiger partial charge on any atom is -0.464 e. The third-order valence-corrected chi connectivity index (χ3v) is 2.81. The smallest absolute Gasteiger partial charge is 0.413 e. The van der Waals surface area contributed by atoms with Gasteiger partial charge in [0.2, 0.25) is 0 Å². The lowest BCUT2D eigenvalue weighted by Gasteiger charge is -2.10. The third kappa shape index (κ3) is 4.74. The molecular formula is C11H12BrN3O4S. The van der Waals surface area contributed by atoms with Gasteiger partial charge in [-0.15, -0.1) is 0 Å². The summed E-state index contributed by atoms with van der Waals surface area (Å²) in [5, 5.41) is 4.97. The van der Waals surface area contributed by atoms with Gasteiger partial charge in [0.05, 0.1) is 18.2 Å². The summed E-state index contributed by atoms with van der Waals surface area (Å²) in [6.07, 6.45) is -0.676. The van der Waals surface area contributed by atoms with Crippen LogP contribution in [0.3, 0.4) is 0 Å². The van der Waals surface area contributed by atoms with E-state index < -0.39 is 12.1 Å². The average Bonchev–Trinajstić information content (AvgIpc) is 2.40. The maximum atomic E-state index is 11.4. The number of nitrogens with one attached hydrogen (secondary N) is 2. The van der Waals surface area contributed by atoms with Crippen LogP contribution in [0.25, 0.3) is 0 Å². The summed E-state index contributed by atoms with van der Waals surface area (Å²) in [4.78, 5) is 26.6. The minimum atomic E-state index is -0.676. The zero-order valence-electron chi connectivity index (χ0n) is 10.7. The number of rotatable bonds is 3. The Kier molecular flexibility index (Phi) is 6.32. The molecule has 1 amide bonds. The summed E-state index contributed by atoms with van der Waals surface area (Å²) in [6.45, 7) is 1.91. The van der Waals surface area contributed by atoms with E-state index in [1.165, 1.54) is 13.2 Å². The number of pyridine rings is 1. The van der Waals surface area contributed by atoms with Crippen molar-refractivity contribution in [3.8, 4) is 0 Å². The van der Waals surface area contributed by atoms with E-state index in [0.29, 0.717) is 4.47 Å². The number of carbonyl (C=O) groups is 2. The molecule has 0 aliphatic heterocycles. The Bertz CT molecular complexity index is 538. The second-order valence-corrected chi connectivity index (χ2v) is 4.58. The number of aromatic nitrogens is 1. The molecular weight excluding hydrogens is 350 g/mol. The number of nitrogens with zero attached hydrogens (tertiary/aromatic N) is 1. The molecule has 0 aliphatic carbocycles. The van der Waals surface area contributed by atoms with Gasteiger partial charge in [0.1, 0.15) is 5.82 Å². The summed E-state index contributed by atoms with van der Waals surface area (Å²) in [5.41, 5.74) is 0.108. The second-order valence-electron chi connectivity index (χ2n) is 3.32. The Morgan fingerprint density at radius 2 is 2.15 bits per heavy atom. The highest BCUT2D eigenvalue weighted by molar-refractivity contribution is 9.10. The lowest BCUT2D eigenvalue weighted by atomic mass is 10.3. The summed E-state index contributed by atoms with van der Waals surface area (Å²) in [7, 11) is 1.26. The highest BCUT2D eigenvalue weighted by atomic mass is 79.9. The lowest BCUT2D eigenvalue weighted by Crippen LogP contribution is -2.35. The van der Waals surface area contributed by atoms with Crippen LogP contribution in [0.15, 0.2) is 16.6 Å². The number of hydrogen-bond donors (Lipinski definition) is 2. The fraction of sp³-hybridized carbons (Fsp3) is 0.273. The number of amides is 1. The van der Waals surface area contributed by atoms with Crippen molar-refractivity contribution in [1.82, 2.24) is 10.3 Å². The zero-order valence-corrected chi connectivity index (χ0v) is 13.1. The van der Waals surface area contributed by atoms with Crippen LogP contribution in [-0.2, 0) is 9.47 Å². The first-order valence-electron chi connectivity index (χ1n) is 5.47. The van der Waals surface area contributed by atoms with E-state index in [4.69, 9.17) is 12.2 Å². The normalized spacial score (nSPS) is 9.55. The SMILES string of the molecule is CCOC(=O)NC(=S)Nc1nc(C(=O)OC)ccc1Br. The Balaban J connectivity index is 2.78. The molecule has 0 aliphatic rings. The van der Waals surface area contributed by atoms with Crippen molar-refractivity contribution < 1.29 is 19.1 Å². The maximum absolute atomic E-state index is 11.4. The fourth-order valence-corrected chi connectivity index (χ4v) is 1.65. The van der Waals surface area contributed by atoms with Gasteiger partial charge in [-0.25, -0.2) is 14.6 Å². The molecule has 0 fully saturated rings. The van der Waals surface area contributed by atoms with Crippen molar-refractivity contribution in [2.45, 2.75) is 6.92 Å². The van der Waals surface area contributed by atoms with E-state index in [-0.39, 0.29) is 23.2 Å². The minimum absolute atomic E-state index is 0.00124. The lowest BCUT2D eigenvalue weighted by molar-refractivity contribution is 0.0594. The van der Waals surface area contributed by atoms with Crippen molar-refractivity contribution in [3.63, 3.8) is 0 Å². The van der Waals surface area contributed by atoms with Crippen LogP contribution < -0.4 is 10.6 Å². The fourth-order valence-electron chi connectivity index (χ4n) is 1.15.